The Morgan fingerprint density at radius 1 is 1.60 bits per heavy atom. The topological polar surface area (TPSA) is 57.6 Å². The lowest BCUT2D eigenvalue weighted by Gasteiger charge is -2.28. The van der Waals surface area contributed by atoms with Gasteiger partial charge < -0.3 is 10.0 Å². The Kier molecular flexibility index (Phi) is 4.12. The van der Waals surface area contributed by atoms with Gasteiger partial charge in [0, 0.05) is 19.0 Å². The maximum Gasteiger partial charge on any atom is 0.306 e. The number of carbonyl (C=O) groups is 2. The average Bonchev–Trinajstić information content (AvgIpc) is 2.60. The molecule has 15 heavy (non-hydrogen) atoms. The third kappa shape index (κ3) is 2.94. The van der Waals surface area contributed by atoms with Crippen LogP contribution in [0.2, 0.25) is 0 Å². The van der Waals surface area contributed by atoms with Gasteiger partial charge in [0.15, 0.2) is 0 Å². The smallest absolute Gasteiger partial charge is 0.306 e. The van der Waals surface area contributed by atoms with Gasteiger partial charge in [0.25, 0.3) is 0 Å². The van der Waals surface area contributed by atoms with Gasteiger partial charge in [-0.1, -0.05) is 13.8 Å². The van der Waals surface area contributed by atoms with Crippen LogP contribution >= 0.6 is 0 Å². The number of carbonyl (C=O) groups excluding carboxylic acids is 1. The molecule has 0 aromatic carbocycles. The van der Waals surface area contributed by atoms with E-state index in [0.717, 1.165) is 19.4 Å². The summed E-state index contributed by atoms with van der Waals surface area (Å²) in [4.78, 5) is 24.1. The minimum absolute atomic E-state index is 0.103. The van der Waals surface area contributed by atoms with Gasteiger partial charge in [-0.25, -0.2) is 0 Å². The molecule has 1 rings (SSSR count). The summed E-state index contributed by atoms with van der Waals surface area (Å²) < 4.78 is 0. The normalized spacial score (nSPS) is 20.4. The zero-order valence-corrected chi connectivity index (χ0v) is 9.40. The number of hydrogen-bond acceptors (Lipinski definition) is 2. The minimum Gasteiger partial charge on any atom is -0.481 e. The molecular weight excluding hydrogens is 194 g/mol. The number of rotatable bonds is 5. The Bertz CT molecular complexity index is 252. The maximum atomic E-state index is 11.5. The second-order valence-electron chi connectivity index (χ2n) is 4.23. The Hall–Kier alpha value is -1.06. The molecule has 1 fully saturated rings. The van der Waals surface area contributed by atoms with Crippen LogP contribution in [0.5, 0.6) is 0 Å². The van der Waals surface area contributed by atoms with Crippen molar-refractivity contribution in [2.45, 2.75) is 45.6 Å². The molecule has 2 atom stereocenters. The largest absolute Gasteiger partial charge is 0.481 e. The van der Waals surface area contributed by atoms with Crippen molar-refractivity contribution in [1.82, 2.24) is 4.90 Å². The predicted octanol–water partition coefficient (Wildman–Crippen LogP) is 1.50. The van der Waals surface area contributed by atoms with Crippen molar-refractivity contribution in [2.75, 3.05) is 6.54 Å². The number of likely N-dealkylation sites (tertiary alicyclic amines) is 1. The molecule has 0 bridgehead atoms. The van der Waals surface area contributed by atoms with E-state index in [1.54, 1.807) is 6.92 Å². The third-order valence-electron chi connectivity index (χ3n) is 3.07. The molecule has 0 aromatic heterocycles. The molecule has 0 aliphatic carbocycles. The maximum absolute atomic E-state index is 11.5. The van der Waals surface area contributed by atoms with Crippen LogP contribution in [0, 0.1) is 5.92 Å². The lowest BCUT2D eigenvalue weighted by Crippen LogP contribution is -2.37. The first kappa shape index (κ1) is 12.0. The van der Waals surface area contributed by atoms with E-state index in [1.807, 2.05) is 11.8 Å². The van der Waals surface area contributed by atoms with Crippen LogP contribution in [0.15, 0.2) is 0 Å². The van der Waals surface area contributed by atoms with Crippen LogP contribution in [-0.2, 0) is 9.59 Å². The highest BCUT2D eigenvalue weighted by molar-refractivity contribution is 5.78. The van der Waals surface area contributed by atoms with E-state index in [2.05, 4.69) is 0 Å². The fraction of sp³-hybridized carbons (Fsp3) is 0.818. The van der Waals surface area contributed by atoms with Crippen molar-refractivity contribution < 1.29 is 14.7 Å². The Morgan fingerprint density at radius 3 is 2.67 bits per heavy atom. The van der Waals surface area contributed by atoms with Gasteiger partial charge >= 0.3 is 5.97 Å². The molecule has 1 heterocycles. The van der Waals surface area contributed by atoms with Crippen molar-refractivity contribution in [3.8, 4) is 0 Å². The van der Waals surface area contributed by atoms with E-state index >= 15 is 0 Å². The summed E-state index contributed by atoms with van der Waals surface area (Å²) in [6.07, 6.45) is 2.94. The summed E-state index contributed by atoms with van der Waals surface area (Å²) in [6, 6.07) is 0.103. The molecule has 4 nitrogen and oxygen atoms in total. The van der Waals surface area contributed by atoms with Gasteiger partial charge in [0.05, 0.1) is 5.92 Å². The molecule has 86 valence electrons. The van der Waals surface area contributed by atoms with Crippen LogP contribution in [-0.4, -0.2) is 34.5 Å². The summed E-state index contributed by atoms with van der Waals surface area (Å²) in [5.41, 5.74) is 0. The summed E-state index contributed by atoms with van der Waals surface area (Å²) in [5.74, 6) is -0.970. The molecule has 2 unspecified atom stereocenters. The molecule has 1 aliphatic heterocycles. The number of carboxylic acids is 1. The fourth-order valence-electron chi connectivity index (χ4n) is 2.08. The summed E-state index contributed by atoms with van der Waals surface area (Å²) in [7, 11) is 0. The van der Waals surface area contributed by atoms with Crippen LogP contribution in [0.25, 0.3) is 0 Å². The van der Waals surface area contributed by atoms with Crippen LogP contribution < -0.4 is 0 Å². The van der Waals surface area contributed by atoms with Gasteiger partial charge in [-0.15, -0.1) is 0 Å². The SMILES string of the molecule is CCC(CC(C)C(=O)O)N1CCCC1=O. The van der Waals surface area contributed by atoms with Gasteiger partial charge in [-0.3, -0.25) is 9.59 Å². The highest BCUT2D eigenvalue weighted by Gasteiger charge is 2.29. The Morgan fingerprint density at radius 2 is 2.27 bits per heavy atom. The van der Waals surface area contributed by atoms with Gasteiger partial charge in [-0.2, -0.15) is 0 Å². The highest BCUT2D eigenvalue weighted by Crippen LogP contribution is 2.21. The molecule has 1 saturated heterocycles. The number of aliphatic carboxylic acids is 1. The molecule has 0 radical (unpaired) electrons. The monoisotopic (exact) mass is 213 g/mol. The molecule has 0 aromatic rings. The Labute approximate surface area is 90.3 Å². The standard InChI is InChI=1S/C11H19NO3/c1-3-9(7-8(2)11(14)15)12-6-4-5-10(12)13/h8-9H,3-7H2,1-2H3,(H,14,15). The lowest BCUT2D eigenvalue weighted by atomic mass is 9.99. The number of carboxylic acid groups (broad SMARTS) is 1. The minimum atomic E-state index is -0.778. The quantitative estimate of drug-likeness (QED) is 0.753. The summed E-state index contributed by atoms with van der Waals surface area (Å²) in [6.45, 7) is 4.50. The van der Waals surface area contributed by atoms with Gasteiger partial charge in [0.2, 0.25) is 5.91 Å². The van der Waals surface area contributed by atoms with Gasteiger partial charge in [0.1, 0.15) is 0 Å². The van der Waals surface area contributed by atoms with Gasteiger partial charge in [-0.05, 0) is 19.3 Å². The number of amides is 1. The van der Waals surface area contributed by atoms with E-state index in [1.165, 1.54) is 0 Å². The predicted molar refractivity (Wildman–Crippen MR) is 56.4 cm³/mol. The van der Waals surface area contributed by atoms with Crippen LogP contribution in [0.1, 0.15) is 39.5 Å². The zero-order chi connectivity index (χ0) is 11.4. The van der Waals surface area contributed by atoms with E-state index in [4.69, 9.17) is 5.11 Å². The molecule has 1 amide bonds. The molecule has 0 saturated carbocycles. The highest BCUT2D eigenvalue weighted by atomic mass is 16.4. The van der Waals surface area contributed by atoms with Crippen molar-refractivity contribution in [2.24, 2.45) is 5.92 Å². The molecule has 4 heteroatoms. The molecule has 1 aliphatic rings. The van der Waals surface area contributed by atoms with Crippen LogP contribution in [0.3, 0.4) is 0 Å². The van der Waals surface area contributed by atoms with Crippen molar-refractivity contribution in [3.05, 3.63) is 0 Å². The second kappa shape index (κ2) is 5.14. The zero-order valence-electron chi connectivity index (χ0n) is 9.40. The van der Waals surface area contributed by atoms with E-state index in [-0.39, 0.29) is 17.9 Å². The Balaban J connectivity index is 2.55. The molecule has 0 spiro atoms. The van der Waals surface area contributed by atoms with Crippen molar-refractivity contribution >= 4 is 11.9 Å². The summed E-state index contributed by atoms with van der Waals surface area (Å²) in [5, 5.41) is 8.83. The fourth-order valence-corrected chi connectivity index (χ4v) is 2.08. The first-order valence-corrected chi connectivity index (χ1v) is 5.58. The molecular formula is C11H19NO3. The number of hydrogen-bond donors (Lipinski definition) is 1. The van der Waals surface area contributed by atoms with Crippen molar-refractivity contribution in [3.63, 3.8) is 0 Å². The van der Waals surface area contributed by atoms with E-state index < -0.39 is 5.97 Å². The third-order valence-corrected chi connectivity index (χ3v) is 3.07. The number of nitrogens with zero attached hydrogens (tertiary/aromatic N) is 1. The van der Waals surface area contributed by atoms with Crippen molar-refractivity contribution in [1.29, 1.82) is 0 Å². The first-order valence-electron chi connectivity index (χ1n) is 5.58. The second-order valence-corrected chi connectivity index (χ2v) is 4.23. The lowest BCUT2D eigenvalue weighted by molar-refractivity contribution is -0.142. The molecule has 1 N–H and O–H groups in total. The van der Waals surface area contributed by atoms with E-state index in [9.17, 15) is 9.59 Å². The van der Waals surface area contributed by atoms with Crippen LogP contribution in [0.4, 0.5) is 0 Å². The summed E-state index contributed by atoms with van der Waals surface area (Å²) >= 11 is 0. The average molecular weight is 213 g/mol. The first-order chi connectivity index (χ1) is 7.06. The van der Waals surface area contributed by atoms with E-state index in [0.29, 0.717) is 12.8 Å².